The van der Waals surface area contributed by atoms with E-state index in [4.69, 9.17) is 4.89 Å². The van der Waals surface area contributed by atoms with E-state index in [1.165, 1.54) is 5.06 Å². The first-order valence-electron chi connectivity index (χ1n) is 3.43. The monoisotopic (exact) mass is 196 g/mol. The first-order valence-corrected chi connectivity index (χ1v) is 4.92. The molecular weight excluding hydrogens is 187 g/mol. The van der Waals surface area contributed by atoms with Gasteiger partial charge in [-0.2, -0.15) is 9.69 Å². The summed E-state index contributed by atoms with van der Waals surface area (Å²) in [6, 6.07) is 0. The Kier molecular flexibility index (Phi) is 3.16. The average Bonchev–Trinajstić information content (AvgIpc) is 2.38. The zero-order chi connectivity index (χ0) is 9.03. The summed E-state index contributed by atoms with van der Waals surface area (Å²) in [5.41, 5.74) is 0. The van der Waals surface area contributed by atoms with Crippen LogP contribution in [0.2, 0.25) is 0 Å². The zero-order valence-electron chi connectivity index (χ0n) is 6.25. The Balaban J connectivity index is 2.37. The number of hydroxylamine groups is 2. The molecule has 0 radical (unpaired) electrons. The minimum Gasteiger partial charge on any atom is -0.290 e. The lowest BCUT2D eigenvalue weighted by Gasteiger charge is -2.14. The Morgan fingerprint density at radius 1 is 1.42 bits per heavy atom. The van der Waals surface area contributed by atoms with Crippen molar-refractivity contribution in [3.8, 4) is 0 Å². The molecule has 1 N–H and O–H groups in total. The van der Waals surface area contributed by atoms with Gasteiger partial charge in [0.05, 0.1) is 0 Å². The van der Waals surface area contributed by atoms with Crippen LogP contribution in [-0.4, -0.2) is 23.0 Å². The number of hydrogen-bond acceptors (Lipinski definition) is 6. The third-order valence-electron chi connectivity index (χ3n) is 1.42. The van der Waals surface area contributed by atoms with Gasteiger partial charge in [0.25, 0.3) is 0 Å². The molecule has 0 aromatic heterocycles. The van der Waals surface area contributed by atoms with Gasteiger partial charge in [0.2, 0.25) is 0 Å². The van der Waals surface area contributed by atoms with Crippen molar-refractivity contribution in [2.24, 2.45) is 5.34 Å². The van der Waals surface area contributed by atoms with Crippen LogP contribution in [0.25, 0.3) is 0 Å². The molecule has 0 spiro atoms. The second-order valence-electron chi connectivity index (χ2n) is 2.34. The summed E-state index contributed by atoms with van der Waals surface area (Å²) in [4.78, 5) is 18.2. The summed E-state index contributed by atoms with van der Waals surface area (Å²) in [6.07, 6.45) is 1.79. The lowest BCUT2D eigenvalue weighted by atomic mass is 10.4. The topological polar surface area (TPSA) is 88.4 Å². The standard InChI is InChI=1S/C4H9N2O5P/c7-5-10-12(8,9)11-6-3-1-2-4-6/h1-4H2,(H,8,9). The molecule has 1 aliphatic heterocycles. The van der Waals surface area contributed by atoms with Gasteiger partial charge >= 0.3 is 7.82 Å². The van der Waals surface area contributed by atoms with Gasteiger partial charge in [0.1, 0.15) is 0 Å². The molecule has 7 nitrogen and oxygen atoms in total. The SMILES string of the molecule is O=NOP(=O)(O)ON1CCCC1. The third-order valence-corrected chi connectivity index (χ3v) is 2.13. The molecule has 0 bridgehead atoms. The molecule has 0 aromatic carbocycles. The van der Waals surface area contributed by atoms with E-state index in [9.17, 15) is 9.47 Å². The fourth-order valence-corrected chi connectivity index (χ4v) is 1.54. The molecule has 1 aliphatic rings. The van der Waals surface area contributed by atoms with Crippen molar-refractivity contribution in [1.29, 1.82) is 0 Å². The maximum absolute atomic E-state index is 10.7. The maximum Gasteiger partial charge on any atom is 0.567 e. The molecule has 0 amide bonds. The van der Waals surface area contributed by atoms with Gasteiger partial charge in [-0.25, -0.2) is 4.57 Å². The summed E-state index contributed by atoms with van der Waals surface area (Å²) >= 11 is 0. The van der Waals surface area contributed by atoms with Crippen LogP contribution >= 0.6 is 7.82 Å². The van der Waals surface area contributed by atoms with Crippen LogP contribution in [0.1, 0.15) is 12.8 Å². The van der Waals surface area contributed by atoms with Crippen LogP contribution in [0, 0.1) is 4.91 Å². The van der Waals surface area contributed by atoms with Crippen molar-refractivity contribution < 1.29 is 18.7 Å². The van der Waals surface area contributed by atoms with Gasteiger partial charge in [0, 0.05) is 13.1 Å². The Bertz CT molecular complexity index is 204. The maximum atomic E-state index is 10.7. The van der Waals surface area contributed by atoms with Gasteiger partial charge < -0.3 is 0 Å². The fourth-order valence-electron chi connectivity index (χ4n) is 0.973. The Hall–Kier alpha value is -0.490. The van der Waals surface area contributed by atoms with Gasteiger partial charge in [0.15, 0.2) is 5.34 Å². The Labute approximate surface area is 68.8 Å². The first-order chi connectivity index (χ1) is 5.64. The molecule has 1 fully saturated rings. The molecule has 8 heteroatoms. The van der Waals surface area contributed by atoms with E-state index in [2.05, 4.69) is 9.25 Å². The summed E-state index contributed by atoms with van der Waals surface area (Å²) in [7, 11) is -4.29. The first kappa shape index (κ1) is 9.60. The van der Waals surface area contributed by atoms with Crippen molar-refractivity contribution in [1.82, 2.24) is 5.06 Å². The molecule has 1 unspecified atom stereocenters. The van der Waals surface area contributed by atoms with Crippen LogP contribution < -0.4 is 0 Å². The lowest BCUT2D eigenvalue weighted by Crippen LogP contribution is -2.18. The van der Waals surface area contributed by atoms with E-state index < -0.39 is 7.82 Å². The van der Waals surface area contributed by atoms with E-state index in [1.54, 1.807) is 0 Å². The smallest absolute Gasteiger partial charge is 0.290 e. The van der Waals surface area contributed by atoms with Gasteiger partial charge in [-0.15, -0.1) is 4.91 Å². The molecule has 0 aliphatic carbocycles. The number of rotatable bonds is 4. The van der Waals surface area contributed by atoms with E-state index in [0.29, 0.717) is 13.1 Å². The highest BCUT2D eigenvalue weighted by Crippen LogP contribution is 2.44. The van der Waals surface area contributed by atoms with Crippen molar-refractivity contribution in [3.05, 3.63) is 4.91 Å². The van der Waals surface area contributed by atoms with Crippen LogP contribution in [0.15, 0.2) is 5.34 Å². The van der Waals surface area contributed by atoms with E-state index in [-0.39, 0.29) is 0 Å². The summed E-state index contributed by atoms with van der Waals surface area (Å²) < 4.78 is 18.8. The quantitative estimate of drug-likeness (QED) is 0.406. The fraction of sp³-hybridized carbons (Fsp3) is 1.00. The largest absolute Gasteiger partial charge is 0.567 e. The Morgan fingerprint density at radius 3 is 2.50 bits per heavy atom. The average molecular weight is 196 g/mol. The number of nitrogens with zero attached hydrogens (tertiary/aromatic N) is 2. The highest BCUT2D eigenvalue weighted by atomic mass is 31.2. The molecule has 1 rings (SSSR count). The third kappa shape index (κ3) is 2.86. The minimum absolute atomic E-state index is 0.562. The molecule has 1 saturated heterocycles. The van der Waals surface area contributed by atoms with Crippen molar-refractivity contribution in [2.75, 3.05) is 13.1 Å². The summed E-state index contributed by atoms with van der Waals surface area (Å²) in [5, 5.41) is 3.12. The zero-order valence-corrected chi connectivity index (χ0v) is 7.14. The van der Waals surface area contributed by atoms with Crippen LogP contribution in [0.4, 0.5) is 0 Å². The van der Waals surface area contributed by atoms with E-state index in [0.717, 1.165) is 12.8 Å². The number of phosphoric acid groups is 1. The van der Waals surface area contributed by atoms with Crippen LogP contribution in [0.5, 0.6) is 0 Å². The molecule has 70 valence electrons. The van der Waals surface area contributed by atoms with Crippen molar-refractivity contribution in [2.45, 2.75) is 12.8 Å². The molecule has 1 heterocycles. The normalized spacial score (nSPS) is 23.4. The molecule has 0 saturated carbocycles. The molecule has 0 aromatic rings. The highest BCUT2D eigenvalue weighted by Gasteiger charge is 2.29. The van der Waals surface area contributed by atoms with Gasteiger partial charge in [-0.05, 0) is 12.8 Å². The predicted octanol–water partition coefficient (Wildman–Crippen LogP) is 0.812. The predicted molar refractivity (Wildman–Crippen MR) is 38.6 cm³/mol. The van der Waals surface area contributed by atoms with Crippen LogP contribution in [-0.2, 0) is 13.8 Å². The summed E-state index contributed by atoms with van der Waals surface area (Å²) in [6.45, 7) is 1.12. The van der Waals surface area contributed by atoms with E-state index >= 15 is 0 Å². The lowest BCUT2D eigenvalue weighted by molar-refractivity contribution is -0.0672. The van der Waals surface area contributed by atoms with Gasteiger partial charge in [-0.1, -0.05) is 0 Å². The second kappa shape index (κ2) is 3.95. The van der Waals surface area contributed by atoms with E-state index in [1.807, 2.05) is 5.34 Å². The van der Waals surface area contributed by atoms with Crippen molar-refractivity contribution in [3.63, 3.8) is 0 Å². The highest BCUT2D eigenvalue weighted by molar-refractivity contribution is 7.47. The molecular formula is C4H9N2O5P. The van der Waals surface area contributed by atoms with Crippen molar-refractivity contribution >= 4 is 7.82 Å². The minimum atomic E-state index is -4.29. The molecule has 1 atom stereocenters. The Morgan fingerprint density at radius 2 is 2.00 bits per heavy atom. The summed E-state index contributed by atoms with van der Waals surface area (Å²) in [5.74, 6) is 0. The molecule has 12 heavy (non-hydrogen) atoms. The number of hydrogen-bond donors (Lipinski definition) is 1. The van der Waals surface area contributed by atoms with Gasteiger partial charge in [-0.3, -0.25) is 9.52 Å². The second-order valence-corrected chi connectivity index (χ2v) is 3.61. The van der Waals surface area contributed by atoms with Crippen LogP contribution in [0.3, 0.4) is 0 Å².